The molecule has 0 saturated carbocycles. The fourth-order valence-corrected chi connectivity index (χ4v) is 1.51. The van der Waals surface area contributed by atoms with Gasteiger partial charge in [-0.2, -0.15) is 10.1 Å². The first-order valence-electron chi connectivity index (χ1n) is 5.81. The lowest BCUT2D eigenvalue weighted by Gasteiger charge is -2.10. The highest BCUT2D eigenvalue weighted by Gasteiger charge is 2.06. The molecule has 2 heterocycles. The average molecular weight is 247 g/mol. The van der Waals surface area contributed by atoms with Gasteiger partial charge in [0.05, 0.1) is 18.0 Å². The van der Waals surface area contributed by atoms with Crippen LogP contribution >= 0.6 is 0 Å². The molecule has 96 valence electrons. The van der Waals surface area contributed by atoms with E-state index in [1.54, 1.807) is 10.9 Å². The monoisotopic (exact) mass is 247 g/mol. The first-order valence-corrected chi connectivity index (χ1v) is 5.81. The molecule has 0 bridgehead atoms. The zero-order valence-electron chi connectivity index (χ0n) is 11.0. The minimum Gasteiger partial charge on any atom is -0.475 e. The lowest BCUT2D eigenvalue weighted by molar-refractivity contribution is 0.232. The summed E-state index contributed by atoms with van der Waals surface area (Å²) in [6, 6.07) is 1.81. The standard InChI is InChI=1S/C12H17N5O/c1-8(2)18-11-5-9(3)14-12(16-11)15-10-6-13-17(4)7-10/h5-8H,1-4H3,(H,14,15,16). The Bertz CT molecular complexity index is 535. The molecule has 0 aromatic carbocycles. The third-order valence-electron chi connectivity index (χ3n) is 2.15. The normalized spacial score (nSPS) is 10.7. The van der Waals surface area contributed by atoms with Crippen molar-refractivity contribution in [2.24, 2.45) is 7.05 Å². The smallest absolute Gasteiger partial charge is 0.230 e. The van der Waals surface area contributed by atoms with Crippen LogP contribution in [0.15, 0.2) is 18.5 Å². The van der Waals surface area contributed by atoms with Crippen molar-refractivity contribution in [3.05, 3.63) is 24.2 Å². The molecule has 0 amide bonds. The first kappa shape index (κ1) is 12.3. The fourth-order valence-electron chi connectivity index (χ4n) is 1.51. The van der Waals surface area contributed by atoms with Crippen LogP contribution in [0.3, 0.4) is 0 Å². The summed E-state index contributed by atoms with van der Waals surface area (Å²) in [5, 5.41) is 7.17. The Kier molecular flexibility index (Phi) is 3.45. The van der Waals surface area contributed by atoms with E-state index in [1.807, 2.05) is 40.1 Å². The Hall–Kier alpha value is -2.11. The largest absolute Gasteiger partial charge is 0.475 e. The van der Waals surface area contributed by atoms with E-state index in [0.29, 0.717) is 11.8 Å². The van der Waals surface area contributed by atoms with Gasteiger partial charge in [0.1, 0.15) is 0 Å². The van der Waals surface area contributed by atoms with Crippen molar-refractivity contribution >= 4 is 11.6 Å². The van der Waals surface area contributed by atoms with Crippen molar-refractivity contribution in [3.8, 4) is 5.88 Å². The Morgan fingerprint density at radius 3 is 2.72 bits per heavy atom. The van der Waals surface area contributed by atoms with E-state index >= 15 is 0 Å². The second-order valence-electron chi connectivity index (χ2n) is 4.37. The van der Waals surface area contributed by atoms with Gasteiger partial charge in [-0.05, 0) is 20.8 Å². The summed E-state index contributed by atoms with van der Waals surface area (Å²) in [6.07, 6.45) is 3.66. The number of hydrogen-bond acceptors (Lipinski definition) is 5. The van der Waals surface area contributed by atoms with E-state index < -0.39 is 0 Å². The summed E-state index contributed by atoms with van der Waals surface area (Å²) < 4.78 is 7.28. The van der Waals surface area contributed by atoms with Gasteiger partial charge in [0.15, 0.2) is 0 Å². The van der Waals surface area contributed by atoms with Gasteiger partial charge in [-0.3, -0.25) is 4.68 Å². The van der Waals surface area contributed by atoms with E-state index in [1.165, 1.54) is 0 Å². The van der Waals surface area contributed by atoms with Gasteiger partial charge in [-0.25, -0.2) is 4.98 Å². The summed E-state index contributed by atoms with van der Waals surface area (Å²) in [5.41, 5.74) is 1.70. The van der Waals surface area contributed by atoms with Crippen LogP contribution in [-0.2, 0) is 7.05 Å². The van der Waals surface area contributed by atoms with E-state index in [0.717, 1.165) is 11.4 Å². The summed E-state index contributed by atoms with van der Waals surface area (Å²) in [7, 11) is 1.86. The van der Waals surface area contributed by atoms with E-state index in [4.69, 9.17) is 4.74 Å². The summed E-state index contributed by atoms with van der Waals surface area (Å²) in [6.45, 7) is 5.83. The highest BCUT2D eigenvalue weighted by Crippen LogP contribution is 2.17. The van der Waals surface area contributed by atoms with Crippen LogP contribution in [0.25, 0.3) is 0 Å². The highest BCUT2D eigenvalue weighted by atomic mass is 16.5. The van der Waals surface area contributed by atoms with Crippen molar-refractivity contribution in [2.75, 3.05) is 5.32 Å². The van der Waals surface area contributed by atoms with Crippen molar-refractivity contribution in [1.29, 1.82) is 0 Å². The van der Waals surface area contributed by atoms with Crippen molar-refractivity contribution in [2.45, 2.75) is 26.9 Å². The number of ether oxygens (including phenoxy) is 1. The zero-order valence-corrected chi connectivity index (χ0v) is 11.0. The molecule has 2 rings (SSSR count). The topological polar surface area (TPSA) is 64.9 Å². The van der Waals surface area contributed by atoms with Gasteiger partial charge in [0, 0.05) is 25.0 Å². The third-order valence-corrected chi connectivity index (χ3v) is 2.15. The van der Waals surface area contributed by atoms with Crippen LogP contribution in [0.5, 0.6) is 5.88 Å². The molecule has 0 saturated heterocycles. The predicted molar refractivity (Wildman–Crippen MR) is 69.0 cm³/mol. The number of anilines is 2. The molecule has 2 aromatic heterocycles. The third kappa shape index (κ3) is 3.19. The number of aromatic nitrogens is 4. The SMILES string of the molecule is Cc1cc(OC(C)C)nc(Nc2cnn(C)c2)n1. The molecule has 0 unspecified atom stereocenters. The number of nitrogens with zero attached hydrogens (tertiary/aromatic N) is 4. The number of rotatable bonds is 4. The lowest BCUT2D eigenvalue weighted by atomic mass is 10.4. The Morgan fingerprint density at radius 1 is 1.33 bits per heavy atom. The summed E-state index contributed by atoms with van der Waals surface area (Å²) in [5.74, 6) is 1.09. The van der Waals surface area contributed by atoms with Gasteiger partial charge in [0.2, 0.25) is 11.8 Å². The van der Waals surface area contributed by atoms with Crippen LogP contribution in [0.1, 0.15) is 19.5 Å². The molecule has 0 atom stereocenters. The summed E-state index contributed by atoms with van der Waals surface area (Å²) >= 11 is 0. The van der Waals surface area contributed by atoms with Crippen molar-refractivity contribution in [1.82, 2.24) is 19.7 Å². The number of hydrogen-bond donors (Lipinski definition) is 1. The lowest BCUT2D eigenvalue weighted by Crippen LogP contribution is -2.08. The van der Waals surface area contributed by atoms with Crippen LogP contribution in [0.4, 0.5) is 11.6 Å². The van der Waals surface area contributed by atoms with Gasteiger partial charge < -0.3 is 10.1 Å². The fraction of sp³-hybridized carbons (Fsp3) is 0.417. The number of aryl methyl sites for hydroxylation is 2. The Balaban J connectivity index is 2.19. The maximum Gasteiger partial charge on any atom is 0.230 e. The van der Waals surface area contributed by atoms with Crippen molar-refractivity contribution < 1.29 is 4.74 Å². The molecule has 6 nitrogen and oxygen atoms in total. The quantitative estimate of drug-likeness (QED) is 0.895. The second kappa shape index (κ2) is 5.03. The second-order valence-corrected chi connectivity index (χ2v) is 4.37. The Labute approximate surface area is 106 Å². The van der Waals surface area contributed by atoms with Crippen LogP contribution in [0.2, 0.25) is 0 Å². The minimum atomic E-state index is 0.0885. The molecule has 2 aromatic rings. The predicted octanol–water partition coefficient (Wildman–Crippen LogP) is 2.05. The molecule has 0 aliphatic heterocycles. The molecule has 0 aliphatic rings. The van der Waals surface area contributed by atoms with Gasteiger partial charge in [-0.15, -0.1) is 0 Å². The van der Waals surface area contributed by atoms with Gasteiger partial charge in [-0.1, -0.05) is 0 Å². The van der Waals surface area contributed by atoms with Gasteiger partial charge in [0.25, 0.3) is 0 Å². The van der Waals surface area contributed by atoms with E-state index in [-0.39, 0.29) is 6.10 Å². The molecule has 0 spiro atoms. The van der Waals surface area contributed by atoms with E-state index in [2.05, 4.69) is 20.4 Å². The maximum absolute atomic E-state index is 5.57. The molecular weight excluding hydrogens is 230 g/mol. The Morgan fingerprint density at radius 2 is 2.11 bits per heavy atom. The molecule has 0 aliphatic carbocycles. The minimum absolute atomic E-state index is 0.0885. The molecule has 1 N–H and O–H groups in total. The van der Waals surface area contributed by atoms with Gasteiger partial charge >= 0.3 is 0 Å². The highest BCUT2D eigenvalue weighted by molar-refractivity contribution is 5.51. The molecule has 0 fully saturated rings. The molecule has 6 heteroatoms. The molecule has 0 radical (unpaired) electrons. The van der Waals surface area contributed by atoms with E-state index in [9.17, 15) is 0 Å². The first-order chi connectivity index (χ1) is 8.52. The van der Waals surface area contributed by atoms with Crippen LogP contribution in [-0.4, -0.2) is 25.9 Å². The number of nitrogens with one attached hydrogen (secondary N) is 1. The maximum atomic E-state index is 5.57. The van der Waals surface area contributed by atoms with Crippen LogP contribution < -0.4 is 10.1 Å². The molecule has 18 heavy (non-hydrogen) atoms. The summed E-state index contributed by atoms with van der Waals surface area (Å²) in [4.78, 5) is 8.60. The van der Waals surface area contributed by atoms with Crippen LogP contribution in [0, 0.1) is 6.92 Å². The molecular formula is C12H17N5O. The van der Waals surface area contributed by atoms with Crippen molar-refractivity contribution in [3.63, 3.8) is 0 Å². The zero-order chi connectivity index (χ0) is 13.1. The average Bonchev–Trinajstić information content (AvgIpc) is 2.61.